The van der Waals surface area contributed by atoms with Gasteiger partial charge in [0.25, 0.3) is 0 Å². The Balaban J connectivity index is 2.16. The summed E-state index contributed by atoms with van der Waals surface area (Å²) in [6.45, 7) is 8.37. The molecule has 0 amide bonds. The number of rotatable bonds is 2. The summed E-state index contributed by atoms with van der Waals surface area (Å²) in [5.41, 5.74) is 1.67. The molecule has 1 fully saturated rings. The zero-order valence-electron chi connectivity index (χ0n) is 10.0. The lowest BCUT2D eigenvalue weighted by atomic mass is 9.66. The molecule has 3 atom stereocenters. The summed E-state index contributed by atoms with van der Waals surface area (Å²) >= 11 is 0. The second-order valence-corrected chi connectivity index (χ2v) is 5.59. The number of hydrogen-bond acceptors (Lipinski definition) is 2. The third-order valence-corrected chi connectivity index (χ3v) is 3.84. The van der Waals surface area contributed by atoms with Gasteiger partial charge in [-0.05, 0) is 32.1 Å². The molecule has 2 heteroatoms. The standard InChI is InChI=1S/C13H20O2/c1-8-6-5-7-13(3,4)10(8)12-11(15-12)9(2)14/h6,10-12H,5,7H2,1-4H3/t10-,11-,12-/m1/s1. The van der Waals surface area contributed by atoms with E-state index in [1.165, 1.54) is 12.0 Å². The summed E-state index contributed by atoms with van der Waals surface area (Å²) in [6, 6.07) is 0. The maximum Gasteiger partial charge on any atom is 0.161 e. The fraction of sp³-hybridized carbons (Fsp3) is 0.769. The van der Waals surface area contributed by atoms with Crippen LogP contribution in [0.2, 0.25) is 0 Å². The average Bonchev–Trinajstić information content (AvgIpc) is 2.81. The topological polar surface area (TPSA) is 29.6 Å². The van der Waals surface area contributed by atoms with E-state index < -0.39 is 0 Å². The minimum absolute atomic E-state index is 0.129. The summed E-state index contributed by atoms with van der Waals surface area (Å²) in [7, 11) is 0. The molecular formula is C13H20O2. The predicted octanol–water partition coefficient (Wildman–Crippen LogP) is 2.73. The van der Waals surface area contributed by atoms with E-state index in [-0.39, 0.29) is 23.4 Å². The fourth-order valence-corrected chi connectivity index (χ4v) is 2.98. The lowest BCUT2D eigenvalue weighted by Crippen LogP contribution is -2.33. The van der Waals surface area contributed by atoms with Crippen molar-refractivity contribution in [3.05, 3.63) is 11.6 Å². The number of allylic oxidation sites excluding steroid dienone is 1. The minimum atomic E-state index is -0.129. The van der Waals surface area contributed by atoms with Crippen LogP contribution in [-0.4, -0.2) is 18.0 Å². The Morgan fingerprint density at radius 1 is 1.53 bits per heavy atom. The Kier molecular flexibility index (Phi) is 2.50. The van der Waals surface area contributed by atoms with E-state index >= 15 is 0 Å². The van der Waals surface area contributed by atoms with E-state index in [0.29, 0.717) is 5.92 Å². The zero-order valence-corrected chi connectivity index (χ0v) is 10.0. The molecule has 15 heavy (non-hydrogen) atoms. The van der Waals surface area contributed by atoms with Crippen LogP contribution in [-0.2, 0) is 9.53 Å². The van der Waals surface area contributed by atoms with Crippen molar-refractivity contribution in [3.8, 4) is 0 Å². The first-order chi connectivity index (χ1) is 6.93. The molecule has 0 spiro atoms. The van der Waals surface area contributed by atoms with Gasteiger partial charge < -0.3 is 4.74 Å². The van der Waals surface area contributed by atoms with Crippen molar-refractivity contribution in [2.75, 3.05) is 0 Å². The number of carbonyl (C=O) groups excluding carboxylic acids is 1. The molecule has 0 unspecified atom stereocenters. The van der Waals surface area contributed by atoms with Crippen molar-refractivity contribution in [2.24, 2.45) is 11.3 Å². The van der Waals surface area contributed by atoms with E-state index in [2.05, 4.69) is 26.8 Å². The molecule has 0 aromatic carbocycles. The van der Waals surface area contributed by atoms with E-state index in [0.717, 1.165) is 6.42 Å². The molecule has 0 saturated carbocycles. The molecule has 1 aliphatic carbocycles. The Bertz CT molecular complexity index is 314. The van der Waals surface area contributed by atoms with Crippen LogP contribution in [0.25, 0.3) is 0 Å². The first-order valence-corrected chi connectivity index (χ1v) is 5.76. The SMILES string of the molecule is CC(=O)[C@H]1O[C@@H]1[C@H]1C(C)=CCCC1(C)C. The van der Waals surface area contributed by atoms with Crippen LogP contribution >= 0.6 is 0 Å². The quantitative estimate of drug-likeness (QED) is 0.516. The van der Waals surface area contributed by atoms with E-state index in [1.807, 2.05) is 0 Å². The van der Waals surface area contributed by atoms with Gasteiger partial charge in [-0.3, -0.25) is 4.79 Å². The van der Waals surface area contributed by atoms with Crippen LogP contribution in [0.15, 0.2) is 11.6 Å². The number of Topliss-reactive ketones (excluding diaryl/α,β-unsaturated/α-hetero) is 1. The van der Waals surface area contributed by atoms with Gasteiger partial charge in [-0.1, -0.05) is 25.5 Å². The highest BCUT2D eigenvalue weighted by atomic mass is 16.6. The van der Waals surface area contributed by atoms with Crippen molar-refractivity contribution in [3.63, 3.8) is 0 Å². The highest BCUT2D eigenvalue weighted by Crippen LogP contribution is 2.49. The number of carbonyl (C=O) groups is 1. The van der Waals surface area contributed by atoms with Gasteiger partial charge in [-0.2, -0.15) is 0 Å². The maximum absolute atomic E-state index is 11.2. The number of ether oxygens (including phenoxy) is 1. The van der Waals surface area contributed by atoms with Crippen molar-refractivity contribution in [1.82, 2.24) is 0 Å². The summed E-state index contributed by atoms with van der Waals surface area (Å²) < 4.78 is 5.53. The molecule has 2 rings (SSSR count). The zero-order chi connectivity index (χ0) is 11.2. The Morgan fingerprint density at radius 3 is 2.67 bits per heavy atom. The summed E-state index contributed by atoms with van der Waals surface area (Å²) in [4.78, 5) is 11.2. The van der Waals surface area contributed by atoms with Crippen LogP contribution in [0.5, 0.6) is 0 Å². The highest BCUT2D eigenvalue weighted by Gasteiger charge is 2.53. The predicted molar refractivity (Wildman–Crippen MR) is 59.6 cm³/mol. The monoisotopic (exact) mass is 208 g/mol. The summed E-state index contributed by atoms with van der Waals surface area (Å²) in [5.74, 6) is 0.606. The largest absolute Gasteiger partial charge is 0.361 e. The van der Waals surface area contributed by atoms with E-state index in [1.54, 1.807) is 6.92 Å². The van der Waals surface area contributed by atoms with Crippen LogP contribution in [0, 0.1) is 11.3 Å². The second-order valence-electron chi connectivity index (χ2n) is 5.59. The molecule has 0 N–H and O–H groups in total. The van der Waals surface area contributed by atoms with Crippen LogP contribution < -0.4 is 0 Å². The van der Waals surface area contributed by atoms with Crippen molar-refractivity contribution in [2.45, 2.75) is 52.7 Å². The maximum atomic E-state index is 11.2. The molecule has 2 aliphatic rings. The molecule has 2 nitrogen and oxygen atoms in total. The Labute approximate surface area is 91.7 Å². The average molecular weight is 208 g/mol. The Hall–Kier alpha value is -0.630. The molecule has 1 saturated heterocycles. The molecule has 1 heterocycles. The van der Waals surface area contributed by atoms with Gasteiger partial charge in [0.05, 0.1) is 6.10 Å². The summed E-state index contributed by atoms with van der Waals surface area (Å²) in [5, 5.41) is 0. The molecule has 84 valence electrons. The number of ketones is 1. The number of epoxide rings is 1. The molecule has 0 aromatic rings. The second kappa shape index (κ2) is 3.44. The van der Waals surface area contributed by atoms with Gasteiger partial charge in [0.2, 0.25) is 0 Å². The summed E-state index contributed by atoms with van der Waals surface area (Å²) in [6.07, 6.45) is 4.67. The van der Waals surface area contributed by atoms with Gasteiger partial charge in [-0.15, -0.1) is 0 Å². The minimum Gasteiger partial charge on any atom is -0.361 e. The number of hydrogen-bond donors (Lipinski definition) is 0. The van der Waals surface area contributed by atoms with E-state index in [4.69, 9.17) is 4.74 Å². The lowest BCUT2D eigenvalue weighted by Gasteiger charge is -2.37. The van der Waals surface area contributed by atoms with Crippen LogP contribution in [0.4, 0.5) is 0 Å². The van der Waals surface area contributed by atoms with Gasteiger partial charge in [0.1, 0.15) is 6.10 Å². The smallest absolute Gasteiger partial charge is 0.161 e. The van der Waals surface area contributed by atoms with Crippen LogP contribution in [0.1, 0.15) is 40.5 Å². The molecule has 1 aliphatic heterocycles. The van der Waals surface area contributed by atoms with Gasteiger partial charge in [-0.25, -0.2) is 0 Å². The molecule has 0 radical (unpaired) electrons. The fourth-order valence-electron chi connectivity index (χ4n) is 2.98. The van der Waals surface area contributed by atoms with Gasteiger partial charge in [0.15, 0.2) is 5.78 Å². The highest BCUT2D eigenvalue weighted by molar-refractivity contribution is 5.83. The molecule has 0 bridgehead atoms. The first-order valence-electron chi connectivity index (χ1n) is 5.76. The normalized spacial score (nSPS) is 38.4. The Morgan fingerprint density at radius 2 is 2.20 bits per heavy atom. The van der Waals surface area contributed by atoms with Crippen molar-refractivity contribution in [1.29, 1.82) is 0 Å². The third kappa shape index (κ3) is 1.87. The lowest BCUT2D eigenvalue weighted by molar-refractivity contribution is -0.118. The molecular weight excluding hydrogens is 188 g/mol. The van der Waals surface area contributed by atoms with Crippen molar-refractivity contribution >= 4 is 5.78 Å². The first kappa shape index (κ1) is 10.9. The van der Waals surface area contributed by atoms with Crippen molar-refractivity contribution < 1.29 is 9.53 Å². The van der Waals surface area contributed by atoms with Crippen LogP contribution in [0.3, 0.4) is 0 Å². The van der Waals surface area contributed by atoms with Gasteiger partial charge >= 0.3 is 0 Å². The van der Waals surface area contributed by atoms with E-state index in [9.17, 15) is 4.79 Å². The molecule has 0 aromatic heterocycles. The third-order valence-electron chi connectivity index (χ3n) is 3.84. The van der Waals surface area contributed by atoms with Gasteiger partial charge in [0, 0.05) is 5.92 Å².